The van der Waals surface area contributed by atoms with Gasteiger partial charge in [0.05, 0.1) is 12.5 Å². The fourth-order valence-electron chi connectivity index (χ4n) is 3.08. The molecular weight excluding hydrogens is 164 g/mol. The monoisotopic (exact) mass is 182 g/mol. The summed E-state index contributed by atoms with van der Waals surface area (Å²) in [7, 11) is 0. The highest BCUT2D eigenvalue weighted by molar-refractivity contribution is 5.75. The Bertz CT molecular complexity index is 212. The van der Waals surface area contributed by atoms with Crippen LogP contribution < -0.4 is 0 Å². The first-order chi connectivity index (χ1) is 6.24. The molecule has 0 spiro atoms. The molecule has 0 amide bonds. The Hall–Kier alpha value is -0.530. The molecule has 1 heterocycles. The van der Waals surface area contributed by atoms with E-state index in [1.807, 2.05) is 0 Å². The standard InChI is InChI=1S/C11H18O2/c1-3-4-8-5-7(2)9-6-13-11(12)10(8)9/h7-10H,3-6H2,1-2H3. The summed E-state index contributed by atoms with van der Waals surface area (Å²) >= 11 is 0. The average molecular weight is 182 g/mol. The minimum absolute atomic E-state index is 0.0767. The van der Waals surface area contributed by atoms with E-state index in [1.54, 1.807) is 0 Å². The highest BCUT2D eigenvalue weighted by Gasteiger charge is 2.49. The quantitative estimate of drug-likeness (QED) is 0.612. The minimum atomic E-state index is 0.0767. The number of hydrogen-bond donors (Lipinski definition) is 0. The fourth-order valence-corrected chi connectivity index (χ4v) is 3.08. The van der Waals surface area contributed by atoms with Gasteiger partial charge >= 0.3 is 5.97 Å². The molecule has 2 aliphatic rings. The lowest BCUT2D eigenvalue weighted by molar-refractivity contribution is -0.142. The minimum Gasteiger partial charge on any atom is -0.465 e. The van der Waals surface area contributed by atoms with E-state index in [-0.39, 0.29) is 11.9 Å². The van der Waals surface area contributed by atoms with Crippen molar-refractivity contribution >= 4 is 5.97 Å². The first kappa shape index (κ1) is 9.04. The number of hydrogen-bond acceptors (Lipinski definition) is 2. The number of carbonyl (C=O) groups excluding carboxylic acids is 1. The van der Waals surface area contributed by atoms with Gasteiger partial charge in [-0.05, 0) is 24.7 Å². The third kappa shape index (κ3) is 1.36. The smallest absolute Gasteiger partial charge is 0.309 e. The molecule has 0 aromatic heterocycles. The molecule has 0 aromatic carbocycles. The lowest BCUT2D eigenvalue weighted by Crippen LogP contribution is -2.18. The first-order valence-electron chi connectivity index (χ1n) is 5.40. The zero-order valence-corrected chi connectivity index (χ0v) is 8.45. The van der Waals surface area contributed by atoms with Crippen LogP contribution in [0.25, 0.3) is 0 Å². The van der Waals surface area contributed by atoms with Crippen LogP contribution in [0.2, 0.25) is 0 Å². The number of ether oxygens (including phenoxy) is 1. The normalized spacial score (nSPS) is 43.4. The summed E-state index contributed by atoms with van der Waals surface area (Å²) in [5.41, 5.74) is 0. The van der Waals surface area contributed by atoms with E-state index in [2.05, 4.69) is 13.8 Å². The summed E-state index contributed by atoms with van der Waals surface area (Å²) in [4.78, 5) is 11.5. The number of rotatable bonds is 2. The topological polar surface area (TPSA) is 26.3 Å². The van der Waals surface area contributed by atoms with Crippen LogP contribution in [0.15, 0.2) is 0 Å². The van der Waals surface area contributed by atoms with Gasteiger partial charge < -0.3 is 4.74 Å². The summed E-state index contributed by atoms with van der Waals surface area (Å²) in [6.45, 7) is 5.14. The van der Waals surface area contributed by atoms with Crippen molar-refractivity contribution in [3.05, 3.63) is 0 Å². The number of fused-ring (bicyclic) bond motifs is 1. The second kappa shape index (κ2) is 3.32. The molecule has 0 bridgehead atoms. The van der Waals surface area contributed by atoms with Crippen LogP contribution >= 0.6 is 0 Å². The Morgan fingerprint density at radius 2 is 2.31 bits per heavy atom. The second-order valence-corrected chi connectivity index (χ2v) is 4.58. The van der Waals surface area contributed by atoms with Crippen molar-refractivity contribution in [1.82, 2.24) is 0 Å². The molecule has 74 valence electrons. The van der Waals surface area contributed by atoms with Crippen molar-refractivity contribution in [2.75, 3.05) is 6.61 Å². The van der Waals surface area contributed by atoms with Gasteiger partial charge in [-0.15, -0.1) is 0 Å². The Morgan fingerprint density at radius 1 is 1.54 bits per heavy atom. The van der Waals surface area contributed by atoms with E-state index < -0.39 is 0 Å². The highest BCUT2D eigenvalue weighted by Crippen LogP contribution is 2.47. The van der Waals surface area contributed by atoms with E-state index in [1.165, 1.54) is 19.3 Å². The van der Waals surface area contributed by atoms with Crippen molar-refractivity contribution in [1.29, 1.82) is 0 Å². The van der Waals surface area contributed by atoms with Crippen molar-refractivity contribution in [3.8, 4) is 0 Å². The molecule has 0 radical (unpaired) electrons. The van der Waals surface area contributed by atoms with Crippen LogP contribution in [0.5, 0.6) is 0 Å². The molecule has 13 heavy (non-hydrogen) atoms. The zero-order valence-electron chi connectivity index (χ0n) is 8.45. The Balaban J connectivity index is 2.10. The lowest BCUT2D eigenvalue weighted by Gasteiger charge is -2.13. The van der Waals surface area contributed by atoms with Gasteiger partial charge in [0.1, 0.15) is 0 Å². The fraction of sp³-hybridized carbons (Fsp3) is 0.909. The van der Waals surface area contributed by atoms with Crippen molar-refractivity contribution in [3.63, 3.8) is 0 Å². The molecular formula is C11H18O2. The molecule has 1 aliphatic heterocycles. The lowest BCUT2D eigenvalue weighted by atomic mass is 9.88. The van der Waals surface area contributed by atoms with Crippen LogP contribution in [0.1, 0.15) is 33.1 Å². The second-order valence-electron chi connectivity index (χ2n) is 4.58. The predicted octanol–water partition coefficient (Wildman–Crippen LogP) is 2.23. The van der Waals surface area contributed by atoms with Gasteiger partial charge in [-0.3, -0.25) is 4.79 Å². The summed E-state index contributed by atoms with van der Waals surface area (Å²) in [5, 5.41) is 0. The first-order valence-corrected chi connectivity index (χ1v) is 5.40. The van der Waals surface area contributed by atoms with Gasteiger partial charge in [0.2, 0.25) is 0 Å². The van der Waals surface area contributed by atoms with E-state index in [0.717, 1.165) is 0 Å². The molecule has 0 aromatic rings. The van der Waals surface area contributed by atoms with Gasteiger partial charge in [-0.1, -0.05) is 20.3 Å². The van der Waals surface area contributed by atoms with Crippen LogP contribution in [0.4, 0.5) is 0 Å². The van der Waals surface area contributed by atoms with Crippen LogP contribution in [-0.4, -0.2) is 12.6 Å². The third-order valence-electron chi connectivity index (χ3n) is 3.72. The Labute approximate surface area is 79.7 Å². The molecule has 4 atom stereocenters. The molecule has 1 saturated heterocycles. The maximum Gasteiger partial charge on any atom is 0.309 e. The van der Waals surface area contributed by atoms with Gasteiger partial charge in [0.15, 0.2) is 0 Å². The average Bonchev–Trinajstić information content (AvgIpc) is 2.58. The Kier molecular flexibility index (Phi) is 2.31. The summed E-state index contributed by atoms with van der Waals surface area (Å²) in [6, 6.07) is 0. The maximum absolute atomic E-state index is 11.5. The molecule has 2 nitrogen and oxygen atoms in total. The van der Waals surface area contributed by atoms with Gasteiger partial charge in [-0.25, -0.2) is 0 Å². The molecule has 4 unspecified atom stereocenters. The van der Waals surface area contributed by atoms with E-state index in [9.17, 15) is 4.79 Å². The molecule has 1 aliphatic carbocycles. The summed E-state index contributed by atoms with van der Waals surface area (Å²) < 4.78 is 5.13. The molecule has 2 rings (SSSR count). The summed E-state index contributed by atoms with van der Waals surface area (Å²) in [6.07, 6.45) is 3.62. The molecule has 2 heteroatoms. The van der Waals surface area contributed by atoms with Crippen LogP contribution in [0, 0.1) is 23.7 Å². The Morgan fingerprint density at radius 3 is 3.00 bits per heavy atom. The highest BCUT2D eigenvalue weighted by atomic mass is 16.5. The molecule has 0 N–H and O–H groups in total. The third-order valence-corrected chi connectivity index (χ3v) is 3.72. The van der Waals surface area contributed by atoms with E-state index >= 15 is 0 Å². The van der Waals surface area contributed by atoms with Crippen molar-refractivity contribution < 1.29 is 9.53 Å². The number of cyclic esters (lactones) is 1. The number of carbonyl (C=O) groups is 1. The summed E-state index contributed by atoms with van der Waals surface area (Å²) in [5.74, 6) is 2.15. The van der Waals surface area contributed by atoms with E-state index in [0.29, 0.717) is 24.4 Å². The molecule has 1 saturated carbocycles. The van der Waals surface area contributed by atoms with E-state index in [4.69, 9.17) is 4.74 Å². The number of esters is 1. The molecule has 2 fully saturated rings. The largest absolute Gasteiger partial charge is 0.465 e. The van der Waals surface area contributed by atoms with Crippen molar-refractivity contribution in [2.45, 2.75) is 33.1 Å². The van der Waals surface area contributed by atoms with Gasteiger partial charge in [0, 0.05) is 5.92 Å². The zero-order chi connectivity index (χ0) is 9.42. The SMILES string of the molecule is CCCC1CC(C)C2COC(=O)C12. The van der Waals surface area contributed by atoms with Gasteiger partial charge in [-0.2, -0.15) is 0 Å². The van der Waals surface area contributed by atoms with Crippen LogP contribution in [0.3, 0.4) is 0 Å². The van der Waals surface area contributed by atoms with Crippen molar-refractivity contribution in [2.24, 2.45) is 23.7 Å². The van der Waals surface area contributed by atoms with Gasteiger partial charge in [0.25, 0.3) is 0 Å². The maximum atomic E-state index is 11.5. The predicted molar refractivity (Wildman–Crippen MR) is 50.1 cm³/mol. The van der Waals surface area contributed by atoms with Crippen LogP contribution in [-0.2, 0) is 9.53 Å².